The first-order chi connectivity index (χ1) is 34.7. The minimum Gasteiger partial charge on any atom is -0.228 e. The molecule has 0 N–H and O–H groups in total. The fourth-order valence-corrected chi connectivity index (χ4v) is 8.79. The summed E-state index contributed by atoms with van der Waals surface area (Å²) in [6, 6.07) is 84.7. The molecule has 70 heavy (non-hydrogen) atoms. The van der Waals surface area contributed by atoms with Gasteiger partial charge in [0.15, 0.2) is 29.1 Å². The third-order valence-corrected chi connectivity index (χ3v) is 12.4. The lowest BCUT2D eigenvalue weighted by Crippen LogP contribution is -2.00. The van der Waals surface area contributed by atoms with Crippen LogP contribution in [0.3, 0.4) is 0 Å². The molecule has 7 nitrogen and oxygen atoms in total. The molecular weight excluding hydrogens is 855 g/mol. The quantitative estimate of drug-likeness (QED) is 0.135. The van der Waals surface area contributed by atoms with Gasteiger partial charge >= 0.3 is 0 Å². The Morgan fingerprint density at radius 1 is 0.200 bits per heavy atom. The van der Waals surface area contributed by atoms with E-state index in [0.29, 0.717) is 29.1 Å². The van der Waals surface area contributed by atoms with Crippen LogP contribution in [-0.4, -0.2) is 34.9 Å². The van der Waals surface area contributed by atoms with Crippen molar-refractivity contribution in [2.24, 2.45) is 0 Å². The maximum atomic E-state index is 5.45. The third-order valence-electron chi connectivity index (χ3n) is 12.4. The fourth-order valence-electron chi connectivity index (χ4n) is 8.79. The van der Waals surface area contributed by atoms with Crippen LogP contribution in [0.2, 0.25) is 0 Å². The van der Waals surface area contributed by atoms with Gasteiger partial charge in [0.25, 0.3) is 0 Å². The normalized spacial score (nSPS) is 11.1. The van der Waals surface area contributed by atoms with Crippen LogP contribution in [0.15, 0.2) is 249 Å². The molecule has 0 radical (unpaired) electrons. The number of fused-ring (bicyclic) bond motifs is 1. The second kappa shape index (κ2) is 18.6. The van der Waals surface area contributed by atoms with Gasteiger partial charge in [-0.2, -0.15) is 0 Å². The summed E-state index contributed by atoms with van der Waals surface area (Å²) in [6.07, 6.45) is 0. The van der Waals surface area contributed by atoms with E-state index in [1.165, 1.54) is 0 Å². The first-order valence-electron chi connectivity index (χ1n) is 23.2. The number of benzene rings is 9. The topological polar surface area (TPSA) is 90.2 Å². The molecule has 0 aliphatic carbocycles. The van der Waals surface area contributed by atoms with Crippen molar-refractivity contribution in [3.8, 4) is 113 Å². The third kappa shape index (κ3) is 8.51. The van der Waals surface area contributed by atoms with Crippen molar-refractivity contribution < 1.29 is 0 Å². The Kier molecular flexibility index (Phi) is 11.1. The summed E-state index contributed by atoms with van der Waals surface area (Å²) in [5.74, 6) is 3.04. The summed E-state index contributed by atoms with van der Waals surface area (Å²) in [6.45, 7) is 0. The van der Waals surface area contributed by atoms with Gasteiger partial charge in [0.1, 0.15) is 0 Å². The Balaban J connectivity index is 1.01. The highest BCUT2D eigenvalue weighted by Crippen LogP contribution is 2.39. The monoisotopic (exact) mass is 895 g/mol. The Bertz CT molecular complexity index is 3650. The smallest absolute Gasteiger partial charge is 0.164 e. The summed E-state index contributed by atoms with van der Waals surface area (Å²) in [5.41, 5.74) is 15.1. The van der Waals surface area contributed by atoms with Crippen LogP contribution in [0, 0.1) is 0 Å². The summed E-state index contributed by atoms with van der Waals surface area (Å²) < 4.78 is 0. The summed E-state index contributed by atoms with van der Waals surface area (Å²) in [5, 5.41) is 0.936. The molecule has 0 atom stereocenters. The van der Waals surface area contributed by atoms with Gasteiger partial charge < -0.3 is 0 Å². The zero-order valence-electron chi connectivity index (χ0n) is 37.8. The van der Waals surface area contributed by atoms with Gasteiger partial charge in [-0.1, -0.05) is 231 Å². The molecule has 0 amide bonds. The summed E-state index contributed by atoms with van der Waals surface area (Å²) in [4.78, 5) is 36.0. The molecule has 0 aliphatic rings. The largest absolute Gasteiger partial charge is 0.228 e. The van der Waals surface area contributed by atoms with E-state index in [1.54, 1.807) is 0 Å². The lowest BCUT2D eigenvalue weighted by molar-refractivity contribution is 1.07. The van der Waals surface area contributed by atoms with Gasteiger partial charge in [0.2, 0.25) is 0 Å². The van der Waals surface area contributed by atoms with Gasteiger partial charge in [0.05, 0.1) is 22.6 Å². The maximum Gasteiger partial charge on any atom is 0.164 e. The standard InChI is InChI=1S/C63H41N7/c1-7-19-42(20-8-1)52-39-53(43-21-9-2-10-22-43)58-54(40-52)57(46-31-33-51(34-32-46)63-69-61(47-27-15-5-16-28-47)68-62(70-63)48-29-17-6-18-30-48)66-60(67-58)50-37-35-49(36-38-50)59-64-55(44-23-11-3-12-24-44)41-56(65-59)45-25-13-4-14-26-45/h1-41H. The van der Waals surface area contributed by atoms with Crippen molar-refractivity contribution in [3.05, 3.63) is 249 Å². The number of nitrogens with zero attached hydrogens (tertiary/aromatic N) is 7. The highest BCUT2D eigenvalue weighted by atomic mass is 15.0. The van der Waals surface area contributed by atoms with E-state index in [-0.39, 0.29) is 0 Å². The molecule has 3 heterocycles. The molecule has 9 aromatic carbocycles. The number of aromatic nitrogens is 7. The summed E-state index contributed by atoms with van der Waals surface area (Å²) >= 11 is 0. The van der Waals surface area contributed by atoms with Crippen LogP contribution in [0.4, 0.5) is 0 Å². The van der Waals surface area contributed by atoms with Crippen molar-refractivity contribution in [1.82, 2.24) is 34.9 Å². The van der Waals surface area contributed by atoms with E-state index in [9.17, 15) is 0 Å². The van der Waals surface area contributed by atoms with Crippen LogP contribution in [0.25, 0.3) is 124 Å². The zero-order valence-corrected chi connectivity index (χ0v) is 37.8. The second-order valence-electron chi connectivity index (χ2n) is 16.9. The van der Waals surface area contributed by atoms with E-state index in [2.05, 4.69) is 140 Å². The maximum absolute atomic E-state index is 5.45. The Morgan fingerprint density at radius 2 is 0.529 bits per heavy atom. The highest BCUT2D eigenvalue weighted by Gasteiger charge is 2.20. The SMILES string of the molecule is c1ccc(-c2cc(-c3ccccc3)c3nc(-c4ccc(-c5nc(-c6ccccc6)cc(-c6ccccc6)n5)cc4)nc(-c4ccc(-c5nc(-c6ccccc6)nc(-c6ccccc6)n5)cc4)c3c2)cc1. The average molecular weight is 896 g/mol. The highest BCUT2D eigenvalue weighted by molar-refractivity contribution is 6.04. The van der Waals surface area contributed by atoms with E-state index in [1.807, 2.05) is 109 Å². The fraction of sp³-hybridized carbons (Fsp3) is 0. The Hall–Kier alpha value is -9.59. The molecule has 0 saturated carbocycles. The molecular formula is C63H41N7. The Morgan fingerprint density at radius 3 is 0.957 bits per heavy atom. The lowest BCUT2D eigenvalue weighted by Gasteiger charge is -2.16. The van der Waals surface area contributed by atoms with E-state index >= 15 is 0 Å². The number of hydrogen-bond acceptors (Lipinski definition) is 7. The molecule has 0 spiro atoms. The van der Waals surface area contributed by atoms with E-state index in [0.717, 1.165) is 94.7 Å². The van der Waals surface area contributed by atoms with Crippen molar-refractivity contribution in [3.63, 3.8) is 0 Å². The zero-order chi connectivity index (χ0) is 46.6. The van der Waals surface area contributed by atoms with E-state index in [4.69, 9.17) is 34.9 Å². The molecule has 0 unspecified atom stereocenters. The molecule has 3 aromatic heterocycles. The number of rotatable bonds is 10. The van der Waals surface area contributed by atoms with Crippen LogP contribution in [-0.2, 0) is 0 Å². The van der Waals surface area contributed by atoms with E-state index < -0.39 is 0 Å². The molecule has 7 heteroatoms. The van der Waals surface area contributed by atoms with Crippen molar-refractivity contribution in [2.45, 2.75) is 0 Å². The van der Waals surface area contributed by atoms with Gasteiger partial charge in [-0.05, 0) is 34.9 Å². The van der Waals surface area contributed by atoms with Gasteiger partial charge in [-0.15, -0.1) is 0 Å². The first kappa shape index (κ1) is 41.8. The molecule has 0 fully saturated rings. The minimum atomic E-state index is 0.583. The minimum absolute atomic E-state index is 0.583. The van der Waals surface area contributed by atoms with Gasteiger partial charge in [0, 0.05) is 55.5 Å². The molecule has 12 rings (SSSR count). The van der Waals surface area contributed by atoms with Crippen LogP contribution in [0.5, 0.6) is 0 Å². The molecule has 12 aromatic rings. The number of hydrogen-bond donors (Lipinski definition) is 0. The predicted octanol–water partition coefficient (Wildman–Crippen LogP) is 15.3. The average Bonchev–Trinajstić information content (AvgIpc) is 3.46. The molecule has 0 saturated heterocycles. The first-order valence-corrected chi connectivity index (χ1v) is 23.2. The lowest BCUT2D eigenvalue weighted by atomic mass is 9.93. The molecule has 0 aliphatic heterocycles. The van der Waals surface area contributed by atoms with Crippen LogP contribution < -0.4 is 0 Å². The molecule has 0 bridgehead atoms. The molecule has 328 valence electrons. The van der Waals surface area contributed by atoms with Gasteiger partial charge in [-0.3, -0.25) is 0 Å². The summed E-state index contributed by atoms with van der Waals surface area (Å²) in [7, 11) is 0. The van der Waals surface area contributed by atoms with Crippen LogP contribution >= 0.6 is 0 Å². The van der Waals surface area contributed by atoms with Crippen LogP contribution in [0.1, 0.15) is 0 Å². The second-order valence-corrected chi connectivity index (χ2v) is 16.9. The predicted molar refractivity (Wildman–Crippen MR) is 283 cm³/mol. The van der Waals surface area contributed by atoms with Crippen molar-refractivity contribution in [2.75, 3.05) is 0 Å². The Labute approximate surface area is 405 Å². The van der Waals surface area contributed by atoms with Crippen molar-refractivity contribution >= 4 is 10.9 Å². The van der Waals surface area contributed by atoms with Crippen molar-refractivity contribution in [1.29, 1.82) is 0 Å². The van der Waals surface area contributed by atoms with Gasteiger partial charge in [-0.25, -0.2) is 34.9 Å².